The van der Waals surface area contributed by atoms with E-state index in [1.54, 1.807) is 13.2 Å². The van der Waals surface area contributed by atoms with Crippen molar-refractivity contribution in [2.24, 2.45) is 0 Å². The molecule has 2 aromatic rings. The largest absolute Gasteiger partial charge is 0.454 e. The number of methoxy groups -OCH3 is 1. The van der Waals surface area contributed by atoms with Crippen molar-refractivity contribution in [3.8, 4) is 0 Å². The summed E-state index contributed by atoms with van der Waals surface area (Å²) in [5, 5.41) is 0.599. The SMILES string of the molecule is COCC(C)n1c(C)cc(C(=O)COC(=O)c2ccc(Cl)cc2Cl)c1C. The number of halogens is 2. The maximum Gasteiger partial charge on any atom is 0.340 e. The first-order valence-electron chi connectivity index (χ1n) is 8.09. The molecule has 0 N–H and O–H groups in total. The number of ketones is 1. The molecule has 0 aliphatic rings. The summed E-state index contributed by atoms with van der Waals surface area (Å²) >= 11 is 11.8. The van der Waals surface area contributed by atoms with E-state index in [4.69, 9.17) is 32.7 Å². The summed E-state index contributed by atoms with van der Waals surface area (Å²) in [7, 11) is 1.64. The van der Waals surface area contributed by atoms with Gasteiger partial charge in [0, 0.05) is 29.1 Å². The maximum absolute atomic E-state index is 12.5. The van der Waals surface area contributed by atoms with Crippen molar-refractivity contribution in [1.29, 1.82) is 0 Å². The summed E-state index contributed by atoms with van der Waals surface area (Å²) < 4.78 is 12.4. The normalized spacial score (nSPS) is 12.1. The molecular formula is C19H21Cl2NO4. The minimum atomic E-state index is -0.665. The van der Waals surface area contributed by atoms with Crippen LogP contribution in [0.1, 0.15) is 45.1 Å². The summed E-state index contributed by atoms with van der Waals surface area (Å²) in [5.74, 6) is -0.936. The number of hydrogen-bond donors (Lipinski definition) is 0. The molecule has 140 valence electrons. The number of benzene rings is 1. The fraction of sp³-hybridized carbons (Fsp3) is 0.368. The van der Waals surface area contributed by atoms with Crippen LogP contribution in [-0.2, 0) is 9.47 Å². The molecule has 0 aliphatic heterocycles. The van der Waals surface area contributed by atoms with Crippen LogP contribution in [0.3, 0.4) is 0 Å². The molecule has 0 bridgehead atoms. The molecule has 1 aromatic heterocycles. The highest BCUT2D eigenvalue weighted by molar-refractivity contribution is 6.36. The van der Waals surface area contributed by atoms with E-state index >= 15 is 0 Å². The zero-order valence-corrected chi connectivity index (χ0v) is 16.6. The molecule has 0 amide bonds. The highest BCUT2D eigenvalue weighted by Crippen LogP contribution is 2.23. The molecule has 0 saturated heterocycles. The number of carbonyl (C=O) groups excluding carboxylic acids is 2. The third-order valence-electron chi connectivity index (χ3n) is 4.12. The van der Waals surface area contributed by atoms with E-state index in [0.717, 1.165) is 11.4 Å². The van der Waals surface area contributed by atoms with Crippen molar-refractivity contribution in [2.45, 2.75) is 26.8 Å². The number of esters is 1. The Labute approximate surface area is 162 Å². The molecule has 0 fully saturated rings. The number of rotatable bonds is 7. The average molecular weight is 398 g/mol. The van der Waals surface area contributed by atoms with Gasteiger partial charge in [-0.15, -0.1) is 0 Å². The van der Waals surface area contributed by atoms with Gasteiger partial charge in [-0.25, -0.2) is 4.79 Å². The molecule has 5 nitrogen and oxygen atoms in total. The van der Waals surface area contributed by atoms with Crippen LogP contribution in [0.4, 0.5) is 0 Å². The van der Waals surface area contributed by atoms with Gasteiger partial charge >= 0.3 is 5.97 Å². The molecule has 0 saturated carbocycles. The number of carbonyl (C=O) groups is 2. The maximum atomic E-state index is 12.5. The molecule has 0 spiro atoms. The summed E-state index contributed by atoms with van der Waals surface area (Å²) in [4.78, 5) is 24.6. The Balaban J connectivity index is 2.11. The van der Waals surface area contributed by atoms with Crippen LogP contribution in [-0.4, -0.2) is 36.6 Å². The van der Waals surface area contributed by atoms with Crippen molar-refractivity contribution in [3.05, 3.63) is 56.8 Å². The molecule has 26 heavy (non-hydrogen) atoms. The summed E-state index contributed by atoms with van der Waals surface area (Å²) in [6.45, 7) is 5.98. The fourth-order valence-electron chi connectivity index (χ4n) is 2.99. The highest BCUT2D eigenvalue weighted by Gasteiger charge is 2.20. The first kappa shape index (κ1) is 20.5. The minimum Gasteiger partial charge on any atom is -0.454 e. The van der Waals surface area contributed by atoms with Gasteiger partial charge in [-0.1, -0.05) is 23.2 Å². The van der Waals surface area contributed by atoms with E-state index in [-0.39, 0.29) is 29.0 Å². The van der Waals surface area contributed by atoms with E-state index in [1.165, 1.54) is 18.2 Å². The monoisotopic (exact) mass is 397 g/mol. The predicted molar refractivity (Wildman–Crippen MR) is 102 cm³/mol. The van der Waals surface area contributed by atoms with Crippen molar-refractivity contribution in [3.63, 3.8) is 0 Å². The van der Waals surface area contributed by atoms with Gasteiger partial charge in [0.05, 0.1) is 23.2 Å². The van der Waals surface area contributed by atoms with Crippen molar-refractivity contribution >= 4 is 35.0 Å². The van der Waals surface area contributed by atoms with E-state index in [0.29, 0.717) is 17.2 Å². The minimum absolute atomic E-state index is 0.0944. The number of nitrogens with zero attached hydrogens (tertiary/aromatic N) is 1. The van der Waals surface area contributed by atoms with Gasteiger partial charge in [0.2, 0.25) is 5.78 Å². The molecule has 2 rings (SSSR count). The molecule has 1 atom stereocenters. The van der Waals surface area contributed by atoms with Crippen LogP contribution < -0.4 is 0 Å². The van der Waals surface area contributed by atoms with Gasteiger partial charge < -0.3 is 14.0 Å². The Morgan fingerprint density at radius 2 is 1.85 bits per heavy atom. The first-order valence-corrected chi connectivity index (χ1v) is 8.84. The van der Waals surface area contributed by atoms with E-state index in [1.807, 2.05) is 25.3 Å². The molecule has 0 radical (unpaired) electrons. The third kappa shape index (κ3) is 4.47. The summed E-state index contributed by atoms with van der Waals surface area (Å²) in [5.41, 5.74) is 2.46. The van der Waals surface area contributed by atoms with Gasteiger partial charge in [0.15, 0.2) is 6.61 Å². The van der Waals surface area contributed by atoms with Gasteiger partial charge in [-0.3, -0.25) is 4.79 Å². The number of aromatic nitrogens is 1. The lowest BCUT2D eigenvalue weighted by Gasteiger charge is -2.17. The molecule has 0 aliphatic carbocycles. The quantitative estimate of drug-likeness (QED) is 0.503. The Bertz CT molecular complexity index is 829. The average Bonchev–Trinajstić information content (AvgIpc) is 2.87. The molecule has 7 heteroatoms. The topological polar surface area (TPSA) is 57.5 Å². The van der Waals surface area contributed by atoms with Crippen molar-refractivity contribution in [1.82, 2.24) is 4.57 Å². The van der Waals surface area contributed by atoms with E-state index < -0.39 is 5.97 Å². The molecule has 1 heterocycles. The second-order valence-electron chi connectivity index (χ2n) is 6.08. The number of hydrogen-bond acceptors (Lipinski definition) is 4. The Hall–Kier alpha value is -1.82. The molecule has 1 aromatic carbocycles. The number of Topliss-reactive ketones (excluding diaryl/α,β-unsaturated/α-hetero) is 1. The van der Waals surface area contributed by atoms with Crippen LogP contribution >= 0.6 is 23.2 Å². The summed E-state index contributed by atoms with van der Waals surface area (Å²) in [6, 6.07) is 6.35. The number of aryl methyl sites for hydroxylation is 1. The lowest BCUT2D eigenvalue weighted by atomic mass is 10.1. The van der Waals surface area contributed by atoms with Crippen LogP contribution in [0.25, 0.3) is 0 Å². The Morgan fingerprint density at radius 1 is 1.15 bits per heavy atom. The van der Waals surface area contributed by atoms with Crippen molar-refractivity contribution in [2.75, 3.05) is 20.3 Å². The molecule has 1 unspecified atom stereocenters. The standard InChI is InChI=1S/C19H21Cl2NO4/c1-11-7-16(13(3)22(11)12(2)9-25-4)18(23)10-26-19(24)15-6-5-14(20)8-17(15)21/h5-8,12H,9-10H2,1-4H3. The van der Waals surface area contributed by atoms with Crippen LogP contribution in [0, 0.1) is 13.8 Å². The second kappa shape index (κ2) is 8.71. The first-order chi connectivity index (χ1) is 12.3. The predicted octanol–water partition coefficient (Wildman–Crippen LogP) is 4.66. The lowest BCUT2D eigenvalue weighted by molar-refractivity contribution is 0.0474. The van der Waals surface area contributed by atoms with E-state index in [2.05, 4.69) is 0 Å². The van der Waals surface area contributed by atoms with Crippen molar-refractivity contribution < 1.29 is 19.1 Å². The van der Waals surface area contributed by atoms with Crippen LogP contribution in [0.2, 0.25) is 10.0 Å². The summed E-state index contributed by atoms with van der Waals surface area (Å²) in [6.07, 6.45) is 0. The Morgan fingerprint density at radius 3 is 2.46 bits per heavy atom. The smallest absolute Gasteiger partial charge is 0.340 e. The zero-order valence-electron chi connectivity index (χ0n) is 15.1. The lowest BCUT2D eigenvalue weighted by Crippen LogP contribution is -2.17. The number of ether oxygens (including phenoxy) is 2. The van der Waals surface area contributed by atoms with Crippen LogP contribution in [0.15, 0.2) is 24.3 Å². The van der Waals surface area contributed by atoms with Gasteiger partial charge in [0.25, 0.3) is 0 Å². The van der Waals surface area contributed by atoms with E-state index in [9.17, 15) is 9.59 Å². The van der Waals surface area contributed by atoms with Gasteiger partial charge in [-0.2, -0.15) is 0 Å². The van der Waals surface area contributed by atoms with Crippen LogP contribution in [0.5, 0.6) is 0 Å². The highest BCUT2D eigenvalue weighted by atomic mass is 35.5. The Kier molecular flexibility index (Phi) is 6.87. The fourth-order valence-corrected chi connectivity index (χ4v) is 3.48. The molecular weight excluding hydrogens is 377 g/mol. The second-order valence-corrected chi connectivity index (χ2v) is 6.93. The van der Waals surface area contributed by atoms with Gasteiger partial charge in [-0.05, 0) is 45.0 Å². The zero-order chi connectivity index (χ0) is 19.4. The van der Waals surface area contributed by atoms with Gasteiger partial charge in [0.1, 0.15) is 0 Å². The third-order valence-corrected chi connectivity index (χ3v) is 4.67.